The Morgan fingerprint density at radius 2 is 1.74 bits per heavy atom. The maximum absolute atomic E-state index is 13.8. The van der Waals surface area contributed by atoms with Gasteiger partial charge in [0, 0.05) is 5.39 Å². The number of hydrogen-bond donors (Lipinski definition) is 1. The number of hydrogen-bond acceptors (Lipinski definition) is 3. The van der Waals surface area contributed by atoms with E-state index < -0.39 is 30.0 Å². The quantitative estimate of drug-likeness (QED) is 0.375. The molecule has 4 aromatic rings. The minimum absolute atomic E-state index is 0.247. The van der Waals surface area contributed by atoms with Crippen LogP contribution in [-0.2, 0) is 4.79 Å². The summed E-state index contributed by atoms with van der Waals surface area (Å²) in [5.74, 6) is -2.84. The number of carbonyl (C=O) groups excluding carboxylic acids is 1. The first-order valence-electron chi connectivity index (χ1n) is 10.2. The highest BCUT2D eigenvalue weighted by molar-refractivity contribution is 5.82. The van der Waals surface area contributed by atoms with Crippen molar-refractivity contribution in [3.05, 3.63) is 90.1 Å². The van der Waals surface area contributed by atoms with Gasteiger partial charge in [-0.15, -0.1) is 0 Å². The van der Waals surface area contributed by atoms with Gasteiger partial charge in [0.05, 0.1) is 23.4 Å². The second-order valence-electron chi connectivity index (χ2n) is 7.61. The minimum atomic E-state index is -5.07. The van der Waals surface area contributed by atoms with Crippen LogP contribution in [0.3, 0.4) is 0 Å². The largest absolute Gasteiger partial charge is 0.484 e. The molecule has 5 nitrogen and oxygen atoms in total. The highest BCUT2D eigenvalue weighted by Crippen LogP contribution is 2.30. The molecule has 0 radical (unpaired) electrons. The summed E-state index contributed by atoms with van der Waals surface area (Å²) in [6, 6.07) is 14.7. The minimum Gasteiger partial charge on any atom is -0.484 e. The van der Waals surface area contributed by atoms with E-state index in [0.29, 0.717) is 16.6 Å². The zero-order chi connectivity index (χ0) is 24.5. The lowest BCUT2D eigenvalue weighted by atomic mass is 10.0. The lowest BCUT2D eigenvalue weighted by Crippen LogP contribution is -2.45. The molecule has 0 aliphatic rings. The molecule has 0 fully saturated rings. The Bertz CT molecular complexity index is 1320. The second kappa shape index (κ2) is 9.12. The second-order valence-corrected chi connectivity index (χ2v) is 7.61. The number of ether oxygens (including phenoxy) is 1. The van der Waals surface area contributed by atoms with Gasteiger partial charge < -0.3 is 10.1 Å². The Morgan fingerprint density at radius 1 is 1.00 bits per heavy atom. The molecule has 2 atom stereocenters. The molecule has 1 heterocycles. The molecule has 0 spiro atoms. The Hall–Kier alpha value is -3.95. The molecule has 10 heteroatoms. The van der Waals surface area contributed by atoms with Crippen molar-refractivity contribution >= 4 is 16.8 Å². The maximum atomic E-state index is 13.8. The Morgan fingerprint density at radius 3 is 2.41 bits per heavy atom. The summed E-state index contributed by atoms with van der Waals surface area (Å²) in [6.07, 6.45) is -4.64. The molecule has 1 amide bonds. The van der Waals surface area contributed by atoms with Crippen molar-refractivity contribution in [1.82, 2.24) is 15.1 Å². The fourth-order valence-corrected chi connectivity index (χ4v) is 3.53. The van der Waals surface area contributed by atoms with E-state index in [4.69, 9.17) is 4.74 Å². The van der Waals surface area contributed by atoms with Crippen LogP contribution in [0, 0.1) is 11.6 Å². The molecule has 0 bridgehead atoms. The van der Waals surface area contributed by atoms with Crippen LogP contribution < -0.4 is 10.1 Å². The highest BCUT2D eigenvalue weighted by Gasteiger charge is 2.40. The van der Waals surface area contributed by atoms with E-state index in [1.165, 1.54) is 37.3 Å². The number of rotatable bonds is 6. The van der Waals surface area contributed by atoms with Crippen LogP contribution in [0.15, 0.2) is 72.9 Å². The topological polar surface area (TPSA) is 56.1 Å². The monoisotopic (exact) mass is 475 g/mol. The van der Waals surface area contributed by atoms with Gasteiger partial charge in [-0.1, -0.05) is 12.1 Å². The number of halogens is 5. The first-order chi connectivity index (χ1) is 16.1. The zero-order valence-electron chi connectivity index (χ0n) is 17.7. The summed E-state index contributed by atoms with van der Waals surface area (Å²) < 4.78 is 72.9. The number of nitrogens with one attached hydrogen (secondary N) is 1. The van der Waals surface area contributed by atoms with Crippen LogP contribution in [0.25, 0.3) is 16.6 Å². The van der Waals surface area contributed by atoms with Gasteiger partial charge in [0.1, 0.15) is 23.5 Å². The van der Waals surface area contributed by atoms with Crippen molar-refractivity contribution in [3.8, 4) is 11.4 Å². The molecular formula is C24H18F5N3O2. The number of fused-ring (bicyclic) bond motifs is 1. The third kappa shape index (κ3) is 5.00. The molecule has 1 aromatic heterocycles. The smallest absolute Gasteiger partial charge is 0.471 e. The van der Waals surface area contributed by atoms with Crippen molar-refractivity contribution in [2.24, 2.45) is 0 Å². The van der Waals surface area contributed by atoms with Crippen molar-refractivity contribution in [1.29, 1.82) is 0 Å². The van der Waals surface area contributed by atoms with Crippen LogP contribution in [0.5, 0.6) is 5.75 Å². The number of benzene rings is 3. The molecule has 0 aliphatic heterocycles. The molecule has 3 aromatic carbocycles. The van der Waals surface area contributed by atoms with Gasteiger partial charge in [-0.25, -0.2) is 13.5 Å². The molecule has 0 saturated carbocycles. The van der Waals surface area contributed by atoms with Crippen LogP contribution in [0.2, 0.25) is 0 Å². The van der Waals surface area contributed by atoms with Crippen LogP contribution in [-0.4, -0.2) is 27.9 Å². The first kappa shape index (κ1) is 23.2. The molecule has 34 heavy (non-hydrogen) atoms. The summed E-state index contributed by atoms with van der Waals surface area (Å²) in [5.41, 5.74) is 1.56. The molecule has 176 valence electrons. The number of carbonyl (C=O) groups is 1. The van der Waals surface area contributed by atoms with E-state index in [1.807, 2.05) is 5.32 Å². The molecule has 0 aliphatic carbocycles. The fraction of sp³-hybridized carbons (Fsp3) is 0.167. The Balaban J connectivity index is 1.64. The van der Waals surface area contributed by atoms with E-state index in [1.54, 1.807) is 41.2 Å². The standard InChI is InChI=1S/C24H18F5N3O2/c1-14(31-23(33)24(27,28)29)22(15-3-2-4-18(26)11-15)34-20-9-10-21-16(12-20)13-30-32(21)19-7-5-17(25)6-8-19/h2-14,22H,1H3,(H,31,33)/t14?,22-/m0/s1. The third-order valence-corrected chi connectivity index (χ3v) is 5.12. The average molecular weight is 475 g/mol. The van der Waals surface area contributed by atoms with E-state index in [0.717, 1.165) is 6.07 Å². The normalized spacial score (nSPS) is 13.5. The first-order valence-corrected chi connectivity index (χ1v) is 10.2. The van der Waals surface area contributed by atoms with Gasteiger partial charge in [0.15, 0.2) is 0 Å². The predicted octanol–water partition coefficient (Wildman–Crippen LogP) is 5.49. The summed E-state index contributed by atoms with van der Waals surface area (Å²) in [4.78, 5) is 11.5. The summed E-state index contributed by atoms with van der Waals surface area (Å²) >= 11 is 0. The van der Waals surface area contributed by atoms with E-state index >= 15 is 0 Å². The average Bonchev–Trinajstić information content (AvgIpc) is 3.20. The third-order valence-electron chi connectivity index (χ3n) is 5.12. The van der Waals surface area contributed by atoms with Crippen molar-refractivity contribution in [3.63, 3.8) is 0 Å². The predicted molar refractivity (Wildman–Crippen MR) is 114 cm³/mol. The Kier molecular flexibility index (Phi) is 6.23. The van der Waals surface area contributed by atoms with E-state index in [-0.39, 0.29) is 17.1 Å². The van der Waals surface area contributed by atoms with Gasteiger partial charge >= 0.3 is 12.1 Å². The fourth-order valence-electron chi connectivity index (χ4n) is 3.53. The van der Waals surface area contributed by atoms with Crippen LogP contribution >= 0.6 is 0 Å². The van der Waals surface area contributed by atoms with E-state index in [9.17, 15) is 26.7 Å². The van der Waals surface area contributed by atoms with E-state index in [2.05, 4.69) is 5.10 Å². The number of aromatic nitrogens is 2. The molecule has 1 unspecified atom stereocenters. The SMILES string of the molecule is CC(NC(=O)C(F)(F)F)[C@H](Oc1ccc2c(cnn2-c2ccc(F)cc2)c1)c1cccc(F)c1. The van der Waals surface area contributed by atoms with Gasteiger partial charge in [-0.05, 0) is 67.1 Å². The molecule has 4 rings (SSSR count). The number of amides is 1. The molecule has 1 N–H and O–H groups in total. The number of alkyl halides is 3. The van der Waals surface area contributed by atoms with Crippen LogP contribution in [0.1, 0.15) is 18.6 Å². The lowest BCUT2D eigenvalue weighted by molar-refractivity contribution is -0.174. The molecular weight excluding hydrogens is 457 g/mol. The van der Waals surface area contributed by atoms with Gasteiger partial charge in [0.2, 0.25) is 0 Å². The maximum Gasteiger partial charge on any atom is 0.471 e. The Labute approximate surface area is 190 Å². The van der Waals surface area contributed by atoms with Gasteiger partial charge in [-0.3, -0.25) is 4.79 Å². The van der Waals surface area contributed by atoms with Gasteiger partial charge in [-0.2, -0.15) is 18.3 Å². The lowest BCUT2D eigenvalue weighted by Gasteiger charge is -2.27. The van der Waals surface area contributed by atoms with Crippen molar-refractivity contribution < 1.29 is 31.5 Å². The molecule has 0 saturated heterocycles. The van der Waals surface area contributed by atoms with Crippen molar-refractivity contribution in [2.45, 2.75) is 25.2 Å². The summed E-state index contributed by atoms with van der Waals surface area (Å²) in [5, 5.41) is 6.81. The summed E-state index contributed by atoms with van der Waals surface area (Å²) in [6.45, 7) is 1.34. The number of nitrogens with zero attached hydrogens (tertiary/aromatic N) is 2. The summed E-state index contributed by atoms with van der Waals surface area (Å²) in [7, 11) is 0. The van der Waals surface area contributed by atoms with Gasteiger partial charge in [0.25, 0.3) is 0 Å². The van der Waals surface area contributed by atoms with Crippen molar-refractivity contribution in [2.75, 3.05) is 0 Å². The zero-order valence-corrected chi connectivity index (χ0v) is 17.7. The highest BCUT2D eigenvalue weighted by atomic mass is 19.4. The van der Waals surface area contributed by atoms with Crippen LogP contribution in [0.4, 0.5) is 22.0 Å².